The van der Waals surface area contributed by atoms with Gasteiger partial charge in [0.2, 0.25) is 11.0 Å². The molecule has 1 rings (SSSR count). The summed E-state index contributed by atoms with van der Waals surface area (Å²) < 4.78 is 0. The number of carbonyl (C=O) groups is 1. The van der Waals surface area contributed by atoms with Gasteiger partial charge in [-0.05, 0) is 13.3 Å². The second kappa shape index (κ2) is 5.90. The Morgan fingerprint density at radius 1 is 1.64 bits per heavy atom. The molecule has 0 bridgehead atoms. The second-order valence-electron chi connectivity index (χ2n) is 2.63. The number of nitrogens with two attached hydrogens (primary N) is 1. The number of rotatable bonds is 3. The third kappa shape index (κ3) is 3.57. The third-order valence-electron chi connectivity index (χ3n) is 1.53. The van der Waals surface area contributed by atoms with E-state index in [1.54, 1.807) is 0 Å². The zero-order chi connectivity index (χ0) is 9.84. The lowest BCUT2D eigenvalue weighted by molar-refractivity contribution is -0.117. The number of carbonyl (C=O) groups excluding carboxylic acids is 1. The smallest absolute Gasteiger partial charge is 0.243 e. The Bertz CT molecular complexity index is 304. The molecule has 0 radical (unpaired) electrons. The Morgan fingerprint density at radius 2 is 2.29 bits per heavy atom. The van der Waals surface area contributed by atoms with E-state index < -0.39 is 6.04 Å². The lowest BCUT2D eigenvalue weighted by atomic mass is 10.2. The van der Waals surface area contributed by atoms with Crippen molar-refractivity contribution in [2.24, 2.45) is 5.73 Å². The molecular formula is C7H13ClN4OS. The van der Waals surface area contributed by atoms with Crippen molar-refractivity contribution >= 4 is 34.8 Å². The lowest BCUT2D eigenvalue weighted by Gasteiger charge is -2.06. The molecule has 0 spiro atoms. The minimum absolute atomic E-state index is 0. The van der Waals surface area contributed by atoms with E-state index in [4.69, 9.17) is 5.73 Å². The van der Waals surface area contributed by atoms with Crippen LogP contribution in [0.25, 0.3) is 0 Å². The van der Waals surface area contributed by atoms with E-state index in [1.807, 2.05) is 13.8 Å². The maximum absolute atomic E-state index is 11.3. The fourth-order valence-electron chi connectivity index (χ4n) is 0.731. The molecule has 0 aromatic carbocycles. The maximum atomic E-state index is 11.3. The molecule has 3 N–H and O–H groups in total. The van der Waals surface area contributed by atoms with Gasteiger partial charge in [-0.2, -0.15) is 0 Å². The molecule has 1 aromatic rings. The summed E-state index contributed by atoms with van der Waals surface area (Å²) in [6.07, 6.45) is 0.615. The number of hydrogen-bond acceptors (Lipinski definition) is 5. The van der Waals surface area contributed by atoms with E-state index >= 15 is 0 Å². The number of nitrogens with one attached hydrogen (secondary N) is 1. The van der Waals surface area contributed by atoms with Gasteiger partial charge >= 0.3 is 0 Å². The zero-order valence-corrected chi connectivity index (χ0v) is 9.61. The van der Waals surface area contributed by atoms with E-state index in [0.29, 0.717) is 11.6 Å². The molecule has 1 atom stereocenters. The molecule has 0 unspecified atom stereocenters. The van der Waals surface area contributed by atoms with Crippen molar-refractivity contribution in [3.8, 4) is 0 Å². The van der Waals surface area contributed by atoms with Gasteiger partial charge in [-0.1, -0.05) is 18.3 Å². The first kappa shape index (κ1) is 13.3. The summed E-state index contributed by atoms with van der Waals surface area (Å²) in [7, 11) is 0. The molecule has 0 saturated carbocycles. The van der Waals surface area contributed by atoms with Crippen LogP contribution < -0.4 is 11.1 Å². The van der Waals surface area contributed by atoms with Crippen molar-refractivity contribution in [1.82, 2.24) is 10.2 Å². The number of hydrogen-bond donors (Lipinski definition) is 2. The van der Waals surface area contributed by atoms with Crippen LogP contribution in [-0.4, -0.2) is 22.1 Å². The van der Waals surface area contributed by atoms with Gasteiger partial charge in [0.05, 0.1) is 6.04 Å². The summed E-state index contributed by atoms with van der Waals surface area (Å²) in [5.74, 6) is -0.210. The molecule has 0 fully saturated rings. The summed E-state index contributed by atoms with van der Waals surface area (Å²) in [4.78, 5) is 11.3. The second-order valence-corrected chi connectivity index (χ2v) is 3.81. The van der Waals surface area contributed by atoms with Crippen molar-refractivity contribution in [2.45, 2.75) is 26.3 Å². The minimum atomic E-state index is -0.468. The lowest BCUT2D eigenvalue weighted by Crippen LogP contribution is -2.34. The first-order valence-electron chi connectivity index (χ1n) is 4.00. The summed E-state index contributed by atoms with van der Waals surface area (Å²) in [5.41, 5.74) is 5.52. The van der Waals surface area contributed by atoms with Gasteiger partial charge in [0.25, 0.3) is 0 Å². The minimum Gasteiger partial charge on any atom is -0.320 e. The molecule has 1 heterocycles. The molecule has 0 saturated heterocycles. The topological polar surface area (TPSA) is 80.9 Å². The summed E-state index contributed by atoms with van der Waals surface area (Å²) in [6.45, 7) is 3.68. The fourth-order valence-corrected chi connectivity index (χ4v) is 1.33. The van der Waals surface area contributed by atoms with Gasteiger partial charge in [0.15, 0.2) is 0 Å². The van der Waals surface area contributed by atoms with Crippen molar-refractivity contribution < 1.29 is 4.79 Å². The van der Waals surface area contributed by atoms with E-state index in [9.17, 15) is 4.79 Å². The summed E-state index contributed by atoms with van der Waals surface area (Å²) in [5, 5.41) is 11.4. The highest BCUT2D eigenvalue weighted by molar-refractivity contribution is 7.15. The van der Waals surface area contributed by atoms with Gasteiger partial charge < -0.3 is 5.73 Å². The van der Waals surface area contributed by atoms with Crippen molar-refractivity contribution in [2.75, 3.05) is 5.32 Å². The largest absolute Gasteiger partial charge is 0.320 e. The predicted molar refractivity (Wildman–Crippen MR) is 58.8 cm³/mol. The van der Waals surface area contributed by atoms with Crippen molar-refractivity contribution in [3.05, 3.63) is 5.01 Å². The van der Waals surface area contributed by atoms with Crippen LogP contribution in [0, 0.1) is 6.92 Å². The molecule has 0 aliphatic heterocycles. The number of amides is 1. The van der Waals surface area contributed by atoms with Crippen LogP contribution in [0.5, 0.6) is 0 Å². The number of aromatic nitrogens is 2. The molecule has 5 nitrogen and oxygen atoms in total. The Balaban J connectivity index is 0.00000169. The molecule has 14 heavy (non-hydrogen) atoms. The molecule has 1 aromatic heterocycles. The van der Waals surface area contributed by atoms with Gasteiger partial charge in [-0.25, -0.2) is 0 Å². The van der Waals surface area contributed by atoms with Crippen LogP contribution >= 0.6 is 23.7 Å². The van der Waals surface area contributed by atoms with Crippen LogP contribution in [0.4, 0.5) is 5.13 Å². The zero-order valence-electron chi connectivity index (χ0n) is 7.98. The molecule has 7 heteroatoms. The van der Waals surface area contributed by atoms with E-state index in [2.05, 4.69) is 15.5 Å². The van der Waals surface area contributed by atoms with Crippen LogP contribution in [-0.2, 0) is 4.79 Å². The summed E-state index contributed by atoms with van der Waals surface area (Å²) >= 11 is 1.33. The average molecular weight is 237 g/mol. The fraction of sp³-hybridized carbons (Fsp3) is 0.571. The van der Waals surface area contributed by atoms with Crippen LogP contribution in [0.3, 0.4) is 0 Å². The van der Waals surface area contributed by atoms with Gasteiger partial charge in [-0.15, -0.1) is 22.6 Å². The SMILES string of the molecule is CC[C@H](N)C(=O)Nc1nnc(C)s1.Cl. The quantitative estimate of drug-likeness (QED) is 0.819. The molecule has 1 amide bonds. The first-order valence-corrected chi connectivity index (χ1v) is 4.81. The average Bonchev–Trinajstić information content (AvgIpc) is 2.49. The number of aryl methyl sites for hydroxylation is 1. The number of nitrogens with zero attached hydrogens (tertiary/aromatic N) is 2. The monoisotopic (exact) mass is 236 g/mol. The van der Waals surface area contributed by atoms with Crippen LogP contribution in [0.2, 0.25) is 0 Å². The number of halogens is 1. The molecule has 0 aliphatic carbocycles. The molecular weight excluding hydrogens is 224 g/mol. The Kier molecular flexibility index (Phi) is 5.59. The third-order valence-corrected chi connectivity index (χ3v) is 2.29. The molecule has 80 valence electrons. The molecule has 0 aliphatic rings. The maximum Gasteiger partial charge on any atom is 0.243 e. The normalized spacial score (nSPS) is 11.6. The van der Waals surface area contributed by atoms with Gasteiger partial charge in [0, 0.05) is 0 Å². The van der Waals surface area contributed by atoms with Crippen LogP contribution in [0.15, 0.2) is 0 Å². The van der Waals surface area contributed by atoms with Crippen molar-refractivity contribution in [1.29, 1.82) is 0 Å². The van der Waals surface area contributed by atoms with E-state index in [0.717, 1.165) is 5.01 Å². The van der Waals surface area contributed by atoms with Gasteiger partial charge in [0.1, 0.15) is 5.01 Å². The predicted octanol–water partition coefficient (Wildman–Crippen LogP) is 0.944. The Morgan fingerprint density at radius 3 is 2.71 bits per heavy atom. The van der Waals surface area contributed by atoms with Crippen LogP contribution in [0.1, 0.15) is 18.4 Å². The first-order chi connectivity index (χ1) is 6.13. The highest BCUT2D eigenvalue weighted by Crippen LogP contribution is 2.13. The van der Waals surface area contributed by atoms with Crippen molar-refractivity contribution in [3.63, 3.8) is 0 Å². The van der Waals surface area contributed by atoms with Gasteiger partial charge in [-0.3, -0.25) is 10.1 Å². The van der Waals surface area contributed by atoms with E-state index in [-0.39, 0.29) is 18.3 Å². The Hall–Kier alpha value is -0.720. The highest BCUT2D eigenvalue weighted by Gasteiger charge is 2.12. The Labute approximate surface area is 92.5 Å². The standard InChI is InChI=1S/C7H12N4OS.ClH/c1-3-5(8)6(12)9-7-11-10-4(2)13-7;/h5H,3,8H2,1-2H3,(H,9,11,12);1H/t5-;/m0./s1. The highest BCUT2D eigenvalue weighted by atomic mass is 35.5. The summed E-state index contributed by atoms with van der Waals surface area (Å²) in [6, 6.07) is -0.468. The number of anilines is 1. The van der Waals surface area contributed by atoms with E-state index in [1.165, 1.54) is 11.3 Å².